The average Bonchev–Trinajstić information content (AvgIpc) is 2.69. The number of rotatable bonds is 10. The molecule has 1 N–H and O–H groups in total. The van der Waals surface area contributed by atoms with Crippen LogP contribution in [0, 0.1) is 5.92 Å². The zero-order chi connectivity index (χ0) is 18.5. The van der Waals surface area contributed by atoms with E-state index in [9.17, 15) is 0 Å². The number of hydrogen-bond acceptors (Lipinski definition) is 3. The first-order valence-electron chi connectivity index (χ1n) is 11.0. The van der Waals surface area contributed by atoms with Crippen LogP contribution in [0.25, 0.3) is 0 Å². The molecule has 2 fully saturated rings. The molecule has 0 amide bonds. The summed E-state index contributed by atoms with van der Waals surface area (Å²) in [6, 6.07) is 0. The van der Waals surface area contributed by atoms with Crippen molar-refractivity contribution in [3.05, 3.63) is 0 Å². The minimum atomic E-state index is 0.400. The summed E-state index contributed by atoms with van der Waals surface area (Å²) in [4.78, 5) is 7.32. The molecule has 1 aliphatic heterocycles. The van der Waals surface area contributed by atoms with E-state index in [1.807, 2.05) is 0 Å². The Morgan fingerprint density at radius 1 is 1.04 bits per heavy atom. The van der Waals surface area contributed by atoms with Crippen LogP contribution < -0.4 is 5.32 Å². The van der Waals surface area contributed by atoms with E-state index in [0.29, 0.717) is 6.10 Å². The van der Waals surface area contributed by atoms with Crippen LogP contribution in [0.1, 0.15) is 71.1 Å². The largest absolute Gasteiger partial charge is 0.385 e. The topological polar surface area (TPSA) is 46.1 Å². The Bertz CT molecular complexity index is 375. The molecule has 26 heavy (non-hydrogen) atoms. The quantitative estimate of drug-likeness (QED) is 0.362. The Morgan fingerprint density at radius 3 is 2.50 bits per heavy atom. The molecular formula is C21H41N3O2. The summed E-state index contributed by atoms with van der Waals surface area (Å²) < 4.78 is 11.1. The van der Waals surface area contributed by atoms with Crippen LogP contribution in [0.3, 0.4) is 0 Å². The number of aliphatic imine (C=N–C) groups is 1. The molecule has 0 unspecified atom stereocenters. The number of piperidine rings is 1. The van der Waals surface area contributed by atoms with Crippen molar-refractivity contribution >= 4 is 5.96 Å². The zero-order valence-corrected chi connectivity index (χ0v) is 17.2. The van der Waals surface area contributed by atoms with Crippen molar-refractivity contribution in [2.24, 2.45) is 10.9 Å². The monoisotopic (exact) mass is 367 g/mol. The minimum absolute atomic E-state index is 0.400. The smallest absolute Gasteiger partial charge is 0.193 e. The van der Waals surface area contributed by atoms with E-state index in [4.69, 9.17) is 14.5 Å². The molecule has 0 aromatic carbocycles. The molecule has 0 spiro atoms. The summed E-state index contributed by atoms with van der Waals surface area (Å²) in [5.41, 5.74) is 0. The second-order valence-corrected chi connectivity index (χ2v) is 7.79. The molecule has 0 radical (unpaired) electrons. The number of methoxy groups -OCH3 is 1. The van der Waals surface area contributed by atoms with Gasteiger partial charge in [0.15, 0.2) is 5.96 Å². The molecule has 152 valence electrons. The van der Waals surface area contributed by atoms with E-state index < -0.39 is 0 Å². The maximum atomic E-state index is 5.97. The molecule has 0 aromatic heterocycles. The minimum Gasteiger partial charge on any atom is -0.385 e. The van der Waals surface area contributed by atoms with Crippen LogP contribution in [0.5, 0.6) is 0 Å². The van der Waals surface area contributed by atoms with Crippen molar-refractivity contribution < 1.29 is 9.47 Å². The summed E-state index contributed by atoms with van der Waals surface area (Å²) in [5, 5.41) is 3.48. The van der Waals surface area contributed by atoms with Gasteiger partial charge in [-0.3, -0.25) is 4.99 Å². The standard InChI is InChI=1S/C21H41N3O2/c1-3-22-21(23-14-7-11-19-9-5-4-6-10-19)24-15-12-20(13-16-24)26-18-8-17-25-2/h19-20H,3-18H2,1-2H3,(H,22,23). The molecule has 1 heterocycles. The maximum absolute atomic E-state index is 5.97. The number of nitrogens with zero attached hydrogens (tertiary/aromatic N) is 2. The lowest BCUT2D eigenvalue weighted by molar-refractivity contribution is 0.00990. The van der Waals surface area contributed by atoms with Gasteiger partial charge in [0, 0.05) is 46.5 Å². The molecule has 5 nitrogen and oxygen atoms in total. The van der Waals surface area contributed by atoms with E-state index in [1.54, 1.807) is 7.11 Å². The third kappa shape index (κ3) is 8.26. The fourth-order valence-electron chi connectivity index (χ4n) is 4.15. The van der Waals surface area contributed by atoms with Gasteiger partial charge < -0.3 is 19.7 Å². The number of hydrogen-bond donors (Lipinski definition) is 1. The molecule has 1 aliphatic carbocycles. The highest BCUT2D eigenvalue weighted by atomic mass is 16.5. The van der Waals surface area contributed by atoms with Gasteiger partial charge in [-0.15, -0.1) is 0 Å². The van der Waals surface area contributed by atoms with Gasteiger partial charge in [-0.2, -0.15) is 0 Å². The summed E-state index contributed by atoms with van der Waals surface area (Å²) in [5.74, 6) is 2.07. The van der Waals surface area contributed by atoms with Crippen molar-refractivity contribution in [2.75, 3.05) is 46.5 Å². The summed E-state index contributed by atoms with van der Waals surface area (Å²) in [7, 11) is 1.75. The van der Waals surface area contributed by atoms with E-state index in [2.05, 4.69) is 17.1 Å². The Labute approximate surface area is 160 Å². The average molecular weight is 368 g/mol. The van der Waals surface area contributed by atoms with Gasteiger partial charge in [-0.1, -0.05) is 32.1 Å². The summed E-state index contributed by atoms with van der Waals surface area (Å²) >= 11 is 0. The molecule has 2 rings (SSSR count). The van der Waals surface area contributed by atoms with Crippen molar-refractivity contribution in [1.29, 1.82) is 0 Å². The summed E-state index contributed by atoms with van der Waals surface area (Å²) in [6.07, 6.45) is 13.4. The van der Waals surface area contributed by atoms with Crippen molar-refractivity contribution in [3.8, 4) is 0 Å². The molecule has 1 saturated heterocycles. The molecule has 0 atom stereocenters. The molecule has 0 aromatic rings. The van der Waals surface area contributed by atoms with Gasteiger partial charge >= 0.3 is 0 Å². The third-order valence-electron chi connectivity index (χ3n) is 5.68. The Morgan fingerprint density at radius 2 is 1.81 bits per heavy atom. The number of ether oxygens (including phenoxy) is 2. The van der Waals surface area contributed by atoms with Gasteiger partial charge in [-0.25, -0.2) is 0 Å². The highest BCUT2D eigenvalue weighted by molar-refractivity contribution is 5.80. The lowest BCUT2D eigenvalue weighted by Gasteiger charge is -2.34. The highest BCUT2D eigenvalue weighted by Gasteiger charge is 2.21. The predicted molar refractivity (Wildman–Crippen MR) is 109 cm³/mol. The molecular weight excluding hydrogens is 326 g/mol. The van der Waals surface area contributed by atoms with Crippen molar-refractivity contribution in [2.45, 2.75) is 77.2 Å². The van der Waals surface area contributed by atoms with E-state index in [0.717, 1.165) is 70.5 Å². The zero-order valence-electron chi connectivity index (χ0n) is 17.2. The van der Waals surface area contributed by atoms with Gasteiger partial charge in [-0.05, 0) is 44.9 Å². The molecule has 5 heteroatoms. The van der Waals surface area contributed by atoms with Crippen molar-refractivity contribution in [1.82, 2.24) is 10.2 Å². The van der Waals surface area contributed by atoms with Crippen LogP contribution in [-0.4, -0.2) is 63.5 Å². The highest BCUT2D eigenvalue weighted by Crippen LogP contribution is 2.27. The van der Waals surface area contributed by atoms with Crippen LogP contribution >= 0.6 is 0 Å². The molecule has 0 bridgehead atoms. The van der Waals surface area contributed by atoms with Gasteiger partial charge in [0.2, 0.25) is 0 Å². The Balaban J connectivity index is 1.66. The second-order valence-electron chi connectivity index (χ2n) is 7.79. The van der Waals surface area contributed by atoms with Crippen LogP contribution in [0.15, 0.2) is 4.99 Å². The predicted octanol–water partition coefficient (Wildman–Crippen LogP) is 3.83. The van der Waals surface area contributed by atoms with Gasteiger partial charge in [0.25, 0.3) is 0 Å². The first-order valence-corrected chi connectivity index (χ1v) is 11.0. The van der Waals surface area contributed by atoms with E-state index >= 15 is 0 Å². The second kappa shape index (κ2) is 13.4. The third-order valence-corrected chi connectivity index (χ3v) is 5.68. The van der Waals surface area contributed by atoms with E-state index in [-0.39, 0.29) is 0 Å². The number of likely N-dealkylation sites (tertiary alicyclic amines) is 1. The van der Waals surface area contributed by atoms with Gasteiger partial charge in [0.1, 0.15) is 0 Å². The fourth-order valence-corrected chi connectivity index (χ4v) is 4.15. The Kier molecular flexibility index (Phi) is 11.1. The molecule has 2 aliphatic rings. The first-order chi connectivity index (χ1) is 12.8. The van der Waals surface area contributed by atoms with Gasteiger partial charge in [0.05, 0.1) is 6.10 Å². The number of guanidine groups is 1. The van der Waals surface area contributed by atoms with Crippen LogP contribution in [-0.2, 0) is 9.47 Å². The fraction of sp³-hybridized carbons (Fsp3) is 0.952. The normalized spacial score (nSPS) is 20.5. The maximum Gasteiger partial charge on any atom is 0.193 e. The first kappa shape index (κ1) is 21.5. The lowest BCUT2D eigenvalue weighted by atomic mass is 9.86. The van der Waals surface area contributed by atoms with Crippen LogP contribution in [0.2, 0.25) is 0 Å². The lowest BCUT2D eigenvalue weighted by Crippen LogP contribution is -2.47. The molecule has 1 saturated carbocycles. The van der Waals surface area contributed by atoms with Crippen molar-refractivity contribution in [3.63, 3.8) is 0 Å². The summed E-state index contributed by atoms with van der Waals surface area (Å²) in [6.45, 7) is 7.75. The Hall–Kier alpha value is -0.810. The van der Waals surface area contributed by atoms with Crippen LogP contribution in [0.4, 0.5) is 0 Å². The SMILES string of the molecule is CCNC(=NCCCC1CCCCC1)N1CCC(OCCCOC)CC1. The number of nitrogens with one attached hydrogen (secondary N) is 1. The van der Waals surface area contributed by atoms with E-state index in [1.165, 1.54) is 44.9 Å².